The Hall–Kier alpha value is 0.650. The summed E-state index contributed by atoms with van der Waals surface area (Å²) in [6.07, 6.45) is 1.36. The molecular formula is C8H14INO. The third kappa shape index (κ3) is 1.70. The molecule has 0 amide bonds. The zero-order valence-corrected chi connectivity index (χ0v) is 8.79. The maximum Gasteiger partial charge on any atom is 0.0622 e. The number of halogens is 1. The summed E-state index contributed by atoms with van der Waals surface area (Å²) in [5.74, 6) is 0.933. The number of hydrogen-bond donors (Lipinski definition) is 0. The Morgan fingerprint density at radius 1 is 1.55 bits per heavy atom. The first-order valence-electron chi connectivity index (χ1n) is 4.28. The maximum absolute atomic E-state index is 5.43. The summed E-state index contributed by atoms with van der Waals surface area (Å²) in [5, 5.41) is 0. The normalized spacial score (nSPS) is 39.0. The molecule has 2 saturated heterocycles. The Morgan fingerprint density at radius 3 is 3.18 bits per heavy atom. The van der Waals surface area contributed by atoms with E-state index >= 15 is 0 Å². The molecule has 64 valence electrons. The van der Waals surface area contributed by atoms with Crippen molar-refractivity contribution < 1.29 is 4.74 Å². The van der Waals surface area contributed by atoms with Crippen molar-refractivity contribution in [3.05, 3.63) is 0 Å². The van der Waals surface area contributed by atoms with Gasteiger partial charge in [0.15, 0.2) is 0 Å². The second-order valence-corrected chi connectivity index (χ2v) is 4.36. The molecule has 0 N–H and O–H groups in total. The molecule has 0 radical (unpaired) electrons. The Kier molecular flexibility index (Phi) is 2.69. The topological polar surface area (TPSA) is 12.5 Å². The third-order valence-corrected chi connectivity index (χ3v) is 3.91. The van der Waals surface area contributed by atoms with Gasteiger partial charge in [-0.15, -0.1) is 0 Å². The molecule has 2 fully saturated rings. The Balaban J connectivity index is 1.92. The van der Waals surface area contributed by atoms with Crippen LogP contribution in [0.15, 0.2) is 0 Å². The standard InChI is InChI=1S/C8H14INO/c9-4-7-3-8-6-11-2-1-10(8)5-7/h7-8H,1-6H2. The highest BCUT2D eigenvalue weighted by Gasteiger charge is 2.33. The lowest BCUT2D eigenvalue weighted by Crippen LogP contribution is -2.40. The SMILES string of the molecule is ICC1CC2COCCN2C1. The summed E-state index contributed by atoms with van der Waals surface area (Å²) in [6, 6.07) is 0.753. The minimum absolute atomic E-state index is 0.753. The molecule has 0 aliphatic carbocycles. The van der Waals surface area contributed by atoms with Crippen LogP contribution in [-0.4, -0.2) is 41.7 Å². The Morgan fingerprint density at radius 2 is 2.45 bits per heavy atom. The number of nitrogens with zero attached hydrogens (tertiary/aromatic N) is 1. The molecule has 0 aromatic heterocycles. The molecule has 3 heteroatoms. The number of alkyl halides is 1. The summed E-state index contributed by atoms with van der Waals surface area (Å²) in [6.45, 7) is 4.41. The van der Waals surface area contributed by atoms with Crippen molar-refractivity contribution in [1.82, 2.24) is 4.90 Å². The lowest BCUT2D eigenvalue weighted by molar-refractivity contribution is 0.0128. The van der Waals surface area contributed by atoms with Gasteiger partial charge in [0, 0.05) is 23.6 Å². The van der Waals surface area contributed by atoms with Gasteiger partial charge in [0.25, 0.3) is 0 Å². The van der Waals surface area contributed by atoms with Crippen molar-refractivity contribution in [3.8, 4) is 0 Å². The van der Waals surface area contributed by atoms with Crippen molar-refractivity contribution >= 4 is 22.6 Å². The molecule has 2 nitrogen and oxygen atoms in total. The van der Waals surface area contributed by atoms with Gasteiger partial charge in [-0.2, -0.15) is 0 Å². The van der Waals surface area contributed by atoms with Crippen LogP contribution >= 0.6 is 22.6 Å². The summed E-state index contributed by atoms with van der Waals surface area (Å²) >= 11 is 2.50. The zero-order chi connectivity index (χ0) is 7.68. The summed E-state index contributed by atoms with van der Waals surface area (Å²) in [5.41, 5.74) is 0. The fraction of sp³-hybridized carbons (Fsp3) is 1.00. The lowest BCUT2D eigenvalue weighted by atomic mass is 10.1. The Bertz CT molecular complexity index is 128. The van der Waals surface area contributed by atoms with Crippen LogP contribution < -0.4 is 0 Å². The van der Waals surface area contributed by atoms with Gasteiger partial charge >= 0.3 is 0 Å². The van der Waals surface area contributed by atoms with Gasteiger partial charge in [0.2, 0.25) is 0 Å². The highest BCUT2D eigenvalue weighted by atomic mass is 127. The molecular weight excluding hydrogens is 253 g/mol. The first-order chi connectivity index (χ1) is 5.40. The van der Waals surface area contributed by atoms with E-state index in [2.05, 4.69) is 27.5 Å². The van der Waals surface area contributed by atoms with Crippen LogP contribution in [0.2, 0.25) is 0 Å². The van der Waals surface area contributed by atoms with E-state index in [1.807, 2.05) is 0 Å². The first kappa shape index (κ1) is 8.26. The largest absolute Gasteiger partial charge is 0.378 e. The fourth-order valence-corrected chi connectivity index (χ4v) is 2.69. The molecule has 0 saturated carbocycles. The van der Waals surface area contributed by atoms with Gasteiger partial charge in [-0.3, -0.25) is 4.90 Å². The van der Waals surface area contributed by atoms with E-state index in [1.165, 1.54) is 17.4 Å². The lowest BCUT2D eigenvalue weighted by Gasteiger charge is -2.28. The maximum atomic E-state index is 5.43. The summed E-state index contributed by atoms with van der Waals surface area (Å²) in [7, 11) is 0. The summed E-state index contributed by atoms with van der Waals surface area (Å²) in [4.78, 5) is 2.59. The van der Waals surface area contributed by atoms with E-state index in [0.717, 1.165) is 31.7 Å². The number of morpholine rings is 1. The average Bonchev–Trinajstić information content (AvgIpc) is 2.46. The number of hydrogen-bond acceptors (Lipinski definition) is 2. The van der Waals surface area contributed by atoms with Crippen molar-refractivity contribution in [2.24, 2.45) is 5.92 Å². The van der Waals surface area contributed by atoms with Gasteiger partial charge in [0.1, 0.15) is 0 Å². The number of ether oxygens (including phenoxy) is 1. The fourth-order valence-electron chi connectivity index (χ4n) is 2.05. The molecule has 2 unspecified atom stereocenters. The van der Waals surface area contributed by atoms with Crippen LogP contribution in [0, 0.1) is 5.92 Å². The van der Waals surface area contributed by atoms with Crippen LogP contribution in [0.5, 0.6) is 0 Å². The zero-order valence-electron chi connectivity index (χ0n) is 6.63. The van der Waals surface area contributed by atoms with Crippen LogP contribution in [0.4, 0.5) is 0 Å². The Labute approximate surface area is 81.4 Å². The third-order valence-electron chi connectivity index (χ3n) is 2.67. The van der Waals surface area contributed by atoms with E-state index in [0.29, 0.717) is 0 Å². The number of rotatable bonds is 1. The van der Waals surface area contributed by atoms with Crippen molar-refractivity contribution in [2.75, 3.05) is 30.7 Å². The van der Waals surface area contributed by atoms with Crippen molar-refractivity contribution in [3.63, 3.8) is 0 Å². The van der Waals surface area contributed by atoms with Gasteiger partial charge in [-0.25, -0.2) is 0 Å². The predicted molar refractivity (Wildman–Crippen MR) is 53.2 cm³/mol. The highest BCUT2D eigenvalue weighted by molar-refractivity contribution is 14.1. The minimum Gasteiger partial charge on any atom is -0.378 e. The summed E-state index contributed by atoms with van der Waals surface area (Å²) < 4.78 is 6.74. The van der Waals surface area contributed by atoms with Crippen molar-refractivity contribution in [2.45, 2.75) is 12.5 Å². The minimum atomic E-state index is 0.753. The van der Waals surface area contributed by atoms with E-state index in [4.69, 9.17) is 4.74 Å². The number of fused-ring (bicyclic) bond motifs is 1. The van der Waals surface area contributed by atoms with E-state index in [1.54, 1.807) is 0 Å². The van der Waals surface area contributed by atoms with Gasteiger partial charge in [0.05, 0.1) is 13.2 Å². The molecule has 11 heavy (non-hydrogen) atoms. The van der Waals surface area contributed by atoms with Gasteiger partial charge in [-0.05, 0) is 12.3 Å². The monoisotopic (exact) mass is 267 g/mol. The second kappa shape index (κ2) is 3.58. The second-order valence-electron chi connectivity index (χ2n) is 3.48. The van der Waals surface area contributed by atoms with Crippen LogP contribution in [0.25, 0.3) is 0 Å². The van der Waals surface area contributed by atoms with E-state index < -0.39 is 0 Å². The molecule has 0 bridgehead atoms. The van der Waals surface area contributed by atoms with Gasteiger partial charge in [-0.1, -0.05) is 22.6 Å². The van der Waals surface area contributed by atoms with Gasteiger partial charge < -0.3 is 4.74 Å². The molecule has 2 heterocycles. The quantitative estimate of drug-likeness (QED) is 0.522. The highest BCUT2D eigenvalue weighted by Crippen LogP contribution is 2.26. The first-order valence-corrected chi connectivity index (χ1v) is 5.80. The molecule has 0 aromatic rings. The van der Waals surface area contributed by atoms with E-state index in [9.17, 15) is 0 Å². The molecule has 0 spiro atoms. The van der Waals surface area contributed by atoms with Crippen LogP contribution in [0.3, 0.4) is 0 Å². The van der Waals surface area contributed by atoms with Crippen LogP contribution in [-0.2, 0) is 4.74 Å². The average molecular weight is 267 g/mol. The molecule has 0 aromatic carbocycles. The van der Waals surface area contributed by atoms with E-state index in [-0.39, 0.29) is 0 Å². The smallest absolute Gasteiger partial charge is 0.0622 e. The van der Waals surface area contributed by atoms with Crippen LogP contribution in [0.1, 0.15) is 6.42 Å². The predicted octanol–water partition coefficient (Wildman–Crippen LogP) is 1.14. The molecule has 2 atom stereocenters. The molecule has 2 rings (SSSR count). The van der Waals surface area contributed by atoms with Crippen molar-refractivity contribution in [1.29, 1.82) is 0 Å². The molecule has 2 aliphatic heterocycles. The molecule has 2 aliphatic rings.